The highest BCUT2D eigenvalue weighted by Crippen LogP contribution is 2.42. The van der Waals surface area contributed by atoms with Crippen LogP contribution in [0.15, 0.2) is 85.3 Å². The Hall–Kier alpha value is -3.31. The van der Waals surface area contributed by atoms with Gasteiger partial charge < -0.3 is 21.3 Å². The summed E-state index contributed by atoms with van der Waals surface area (Å²) in [6.45, 7) is 0. The Bertz CT molecular complexity index is 1020. The average Bonchev–Trinajstić information content (AvgIpc) is 3.18. The lowest BCUT2D eigenvalue weighted by Gasteiger charge is -2.39. The molecule has 0 bridgehead atoms. The second-order valence-corrected chi connectivity index (χ2v) is 7.86. The highest BCUT2D eigenvalue weighted by Gasteiger charge is 2.35. The molecule has 5 heteroatoms. The van der Waals surface area contributed by atoms with Crippen molar-refractivity contribution in [3.8, 4) is 0 Å². The van der Waals surface area contributed by atoms with Gasteiger partial charge in [-0.2, -0.15) is 0 Å². The smallest absolute Gasteiger partial charge is 0.139 e. The van der Waals surface area contributed by atoms with Crippen LogP contribution in [0.4, 0.5) is 17.2 Å². The summed E-state index contributed by atoms with van der Waals surface area (Å²) in [5.74, 6) is 0.541. The van der Waals surface area contributed by atoms with Gasteiger partial charge in [0.2, 0.25) is 0 Å². The van der Waals surface area contributed by atoms with Crippen LogP contribution in [0.1, 0.15) is 36.6 Å². The number of benzene rings is 2. The molecule has 1 fully saturated rings. The molecule has 1 aromatic heterocycles. The van der Waals surface area contributed by atoms with E-state index >= 15 is 0 Å². The fourth-order valence-corrected chi connectivity index (χ4v) is 4.26. The van der Waals surface area contributed by atoms with Gasteiger partial charge in [0, 0.05) is 41.1 Å². The van der Waals surface area contributed by atoms with E-state index in [0.29, 0.717) is 5.82 Å². The second kappa shape index (κ2) is 6.94. The lowest BCUT2D eigenvalue weighted by atomic mass is 9.73. The zero-order chi connectivity index (χ0) is 19.8. The van der Waals surface area contributed by atoms with Crippen molar-refractivity contribution in [2.24, 2.45) is 5.73 Å². The van der Waals surface area contributed by atoms with E-state index in [1.54, 1.807) is 6.20 Å². The summed E-state index contributed by atoms with van der Waals surface area (Å²) in [5, 5.41) is 0. The van der Waals surface area contributed by atoms with E-state index in [2.05, 4.69) is 63.6 Å². The van der Waals surface area contributed by atoms with E-state index in [4.69, 9.17) is 11.5 Å². The van der Waals surface area contributed by atoms with Crippen molar-refractivity contribution in [1.82, 2.24) is 4.98 Å². The van der Waals surface area contributed by atoms with Gasteiger partial charge in [0.1, 0.15) is 12.0 Å². The van der Waals surface area contributed by atoms with Gasteiger partial charge in [0.25, 0.3) is 0 Å². The third-order valence-electron chi connectivity index (χ3n) is 6.10. The molecule has 146 valence electrons. The third kappa shape index (κ3) is 3.04. The molecule has 1 saturated carbocycles. The van der Waals surface area contributed by atoms with Crippen LogP contribution < -0.4 is 21.3 Å². The number of nitrogens with zero attached hydrogens (tertiary/aromatic N) is 3. The molecular formula is C24H25N5. The fraction of sp³-hybridized carbons (Fsp3) is 0.208. The number of nitrogen functional groups attached to an aromatic ring is 1. The van der Waals surface area contributed by atoms with Crippen LogP contribution in [-0.4, -0.2) is 4.98 Å². The first kappa shape index (κ1) is 17.8. The molecule has 0 spiro atoms. The van der Waals surface area contributed by atoms with E-state index in [0.717, 1.165) is 29.8 Å². The van der Waals surface area contributed by atoms with E-state index in [1.807, 2.05) is 30.3 Å². The van der Waals surface area contributed by atoms with Crippen molar-refractivity contribution in [2.45, 2.75) is 31.0 Å². The van der Waals surface area contributed by atoms with Crippen molar-refractivity contribution in [3.05, 3.63) is 96.5 Å². The Balaban J connectivity index is 1.53. The van der Waals surface area contributed by atoms with Crippen LogP contribution in [0.5, 0.6) is 0 Å². The molecule has 5 nitrogen and oxygen atoms in total. The van der Waals surface area contributed by atoms with Crippen molar-refractivity contribution >= 4 is 17.2 Å². The number of hydrogen-bond donors (Lipinski definition) is 2. The van der Waals surface area contributed by atoms with Crippen LogP contribution in [0.2, 0.25) is 0 Å². The predicted octanol–water partition coefficient (Wildman–Crippen LogP) is 4.50. The molecule has 1 unspecified atom stereocenters. The number of hydrogen-bond acceptors (Lipinski definition) is 5. The molecule has 5 rings (SSSR count). The molecule has 0 radical (unpaired) electrons. The number of aromatic nitrogens is 1. The SMILES string of the molecule is Nc1ncccc1C1N(c2ccccc2)C=CN1c1ccc(C2(N)CCC2)cc1. The van der Waals surface area contributed by atoms with Crippen LogP contribution in [0.25, 0.3) is 0 Å². The summed E-state index contributed by atoms with van der Waals surface area (Å²) < 4.78 is 0. The van der Waals surface area contributed by atoms with Crippen LogP contribution in [0.3, 0.4) is 0 Å². The molecule has 1 aliphatic carbocycles. The highest BCUT2D eigenvalue weighted by atomic mass is 15.4. The van der Waals surface area contributed by atoms with Crippen LogP contribution >= 0.6 is 0 Å². The largest absolute Gasteiger partial charge is 0.383 e. The average molecular weight is 383 g/mol. The first-order valence-electron chi connectivity index (χ1n) is 10.1. The highest BCUT2D eigenvalue weighted by molar-refractivity contribution is 5.65. The van der Waals surface area contributed by atoms with Gasteiger partial charge in [-0.05, 0) is 61.2 Å². The monoisotopic (exact) mass is 383 g/mol. The molecule has 1 atom stereocenters. The third-order valence-corrected chi connectivity index (χ3v) is 6.10. The minimum atomic E-state index is -0.150. The Labute approximate surface area is 171 Å². The Morgan fingerprint density at radius 2 is 1.48 bits per heavy atom. The Kier molecular flexibility index (Phi) is 4.25. The molecule has 2 aromatic carbocycles. The van der Waals surface area contributed by atoms with E-state index < -0.39 is 0 Å². The van der Waals surface area contributed by atoms with Crippen LogP contribution in [-0.2, 0) is 5.54 Å². The first-order chi connectivity index (χ1) is 14.2. The predicted molar refractivity (Wildman–Crippen MR) is 118 cm³/mol. The van der Waals surface area contributed by atoms with Crippen molar-refractivity contribution in [2.75, 3.05) is 15.5 Å². The van der Waals surface area contributed by atoms with Crippen LogP contribution in [0, 0.1) is 0 Å². The summed E-state index contributed by atoms with van der Waals surface area (Å²) in [6.07, 6.45) is 9.15. The molecule has 29 heavy (non-hydrogen) atoms. The first-order valence-corrected chi connectivity index (χ1v) is 10.1. The number of pyridine rings is 1. The standard InChI is InChI=1S/C24H25N5/c25-22-21(8-4-15-27-22)23-28(19-6-2-1-3-7-19)16-17-29(23)20-11-9-18(10-12-20)24(26)13-5-14-24/h1-4,6-12,15-17,23H,5,13-14,26H2,(H2,25,27). The maximum Gasteiger partial charge on any atom is 0.139 e. The molecule has 2 heterocycles. The molecule has 3 aromatic rings. The summed E-state index contributed by atoms with van der Waals surface area (Å²) in [4.78, 5) is 8.78. The van der Waals surface area contributed by atoms with E-state index in [-0.39, 0.29) is 11.7 Å². The van der Waals surface area contributed by atoms with Gasteiger partial charge in [0.05, 0.1) is 0 Å². The second-order valence-electron chi connectivity index (χ2n) is 7.86. The lowest BCUT2D eigenvalue weighted by Crippen LogP contribution is -2.43. The molecular weight excluding hydrogens is 358 g/mol. The summed E-state index contributed by atoms with van der Waals surface area (Å²) in [6, 6.07) is 22.9. The van der Waals surface area contributed by atoms with E-state index in [1.165, 1.54) is 12.0 Å². The zero-order valence-electron chi connectivity index (χ0n) is 16.3. The number of para-hydroxylation sites is 1. The minimum Gasteiger partial charge on any atom is -0.383 e. The maximum atomic E-state index is 6.50. The lowest BCUT2D eigenvalue weighted by molar-refractivity contribution is 0.253. The van der Waals surface area contributed by atoms with E-state index in [9.17, 15) is 0 Å². The number of nitrogens with two attached hydrogens (primary N) is 2. The van der Waals surface area contributed by atoms with Gasteiger partial charge in [-0.3, -0.25) is 0 Å². The Morgan fingerprint density at radius 1 is 0.828 bits per heavy atom. The maximum absolute atomic E-state index is 6.50. The molecule has 0 amide bonds. The van der Waals surface area contributed by atoms with Gasteiger partial charge in [-0.25, -0.2) is 4.98 Å². The molecule has 4 N–H and O–H groups in total. The quantitative estimate of drug-likeness (QED) is 0.694. The van der Waals surface area contributed by atoms with Gasteiger partial charge >= 0.3 is 0 Å². The zero-order valence-corrected chi connectivity index (χ0v) is 16.3. The molecule has 2 aliphatic rings. The fourth-order valence-electron chi connectivity index (χ4n) is 4.26. The van der Waals surface area contributed by atoms with Crippen molar-refractivity contribution in [1.29, 1.82) is 0 Å². The molecule has 1 aliphatic heterocycles. The number of anilines is 3. The summed E-state index contributed by atoms with van der Waals surface area (Å²) in [7, 11) is 0. The molecule has 0 saturated heterocycles. The summed E-state index contributed by atoms with van der Waals surface area (Å²) >= 11 is 0. The Morgan fingerprint density at radius 3 is 2.07 bits per heavy atom. The summed E-state index contributed by atoms with van der Waals surface area (Å²) in [5.41, 5.74) is 17.0. The van der Waals surface area contributed by atoms with Crippen molar-refractivity contribution < 1.29 is 0 Å². The topological polar surface area (TPSA) is 71.4 Å². The van der Waals surface area contributed by atoms with Gasteiger partial charge in [-0.1, -0.05) is 30.3 Å². The van der Waals surface area contributed by atoms with Crippen molar-refractivity contribution in [3.63, 3.8) is 0 Å². The minimum absolute atomic E-state index is 0.104. The normalized spacial score (nSPS) is 20.0. The van der Waals surface area contributed by atoms with Gasteiger partial charge in [-0.15, -0.1) is 0 Å². The van der Waals surface area contributed by atoms with Gasteiger partial charge in [0.15, 0.2) is 0 Å². The number of rotatable bonds is 4.